The lowest BCUT2D eigenvalue weighted by atomic mass is 10.2. The summed E-state index contributed by atoms with van der Waals surface area (Å²) in [6.45, 7) is 0. The van der Waals surface area contributed by atoms with Crippen molar-refractivity contribution in [1.82, 2.24) is 3.97 Å². The monoisotopic (exact) mass is 457 g/mol. The van der Waals surface area contributed by atoms with E-state index in [1.165, 1.54) is 3.97 Å². The summed E-state index contributed by atoms with van der Waals surface area (Å²) in [6, 6.07) is 26.2. The molecule has 0 spiro atoms. The summed E-state index contributed by atoms with van der Waals surface area (Å²) in [5, 5.41) is 1.36. The number of hydrogen-bond acceptors (Lipinski definition) is 3. The van der Waals surface area contributed by atoms with Crippen molar-refractivity contribution in [2.75, 3.05) is 0 Å². The van der Waals surface area contributed by atoms with Crippen molar-refractivity contribution in [2.24, 2.45) is 0 Å². The molecule has 0 aliphatic heterocycles. The molecule has 1 aromatic heterocycles. The number of benzene rings is 3. The first-order chi connectivity index (χ1) is 13.1. The molecule has 0 N–H and O–H groups in total. The van der Waals surface area contributed by atoms with Gasteiger partial charge in [0.15, 0.2) is 0 Å². The second-order valence-corrected chi connectivity index (χ2v) is 9.36. The number of aromatic nitrogens is 1. The molecule has 0 amide bonds. The molecular formula is C21H16BrNO2S2. The van der Waals surface area contributed by atoms with Gasteiger partial charge >= 0.3 is 0 Å². The zero-order chi connectivity index (χ0) is 18.9. The van der Waals surface area contributed by atoms with Gasteiger partial charge < -0.3 is 0 Å². The van der Waals surface area contributed by atoms with Crippen LogP contribution in [0.2, 0.25) is 0 Å². The molecule has 136 valence electrons. The standard InChI is InChI=1S/C21H16BrNO2S2/c22-15-20-21(26-16-9-3-1-4-10-16)18-13-7-8-14-19(18)23(20)27(24,25)17-11-5-2-6-12-17/h1-14H,15H2. The third kappa shape index (κ3) is 3.33. The molecule has 4 rings (SSSR count). The molecule has 1 heterocycles. The predicted octanol–water partition coefficient (Wildman–Crippen LogP) is 5.92. The summed E-state index contributed by atoms with van der Waals surface area (Å²) in [6.07, 6.45) is 0. The van der Waals surface area contributed by atoms with E-state index in [2.05, 4.69) is 15.9 Å². The lowest BCUT2D eigenvalue weighted by Crippen LogP contribution is -2.15. The summed E-state index contributed by atoms with van der Waals surface area (Å²) in [4.78, 5) is 2.30. The number of alkyl halides is 1. The largest absolute Gasteiger partial charge is 0.268 e. The van der Waals surface area contributed by atoms with Crippen molar-refractivity contribution < 1.29 is 8.42 Å². The summed E-state index contributed by atoms with van der Waals surface area (Å²) in [5.41, 5.74) is 1.42. The van der Waals surface area contributed by atoms with Crippen LogP contribution in [-0.4, -0.2) is 12.4 Å². The smallest absolute Gasteiger partial charge is 0.236 e. The van der Waals surface area contributed by atoms with Crippen LogP contribution in [0.3, 0.4) is 0 Å². The van der Waals surface area contributed by atoms with E-state index in [1.54, 1.807) is 36.0 Å². The van der Waals surface area contributed by atoms with Crippen LogP contribution in [-0.2, 0) is 15.4 Å². The molecule has 0 saturated heterocycles. The summed E-state index contributed by atoms with van der Waals surface area (Å²) < 4.78 is 28.3. The number of hydrogen-bond donors (Lipinski definition) is 0. The van der Waals surface area contributed by atoms with Gasteiger partial charge in [-0.15, -0.1) is 0 Å². The van der Waals surface area contributed by atoms with Crippen molar-refractivity contribution in [1.29, 1.82) is 0 Å². The van der Waals surface area contributed by atoms with Gasteiger partial charge in [0.2, 0.25) is 0 Å². The van der Waals surface area contributed by atoms with Crippen LogP contribution in [0.1, 0.15) is 5.69 Å². The SMILES string of the molecule is O=S(=O)(c1ccccc1)n1c(CBr)c(Sc2ccccc2)c2ccccc21. The van der Waals surface area contributed by atoms with Gasteiger partial charge in [-0.25, -0.2) is 12.4 Å². The Hall–Kier alpha value is -2.02. The Kier molecular flexibility index (Phi) is 5.12. The first-order valence-corrected chi connectivity index (χ1v) is 11.7. The van der Waals surface area contributed by atoms with Crippen molar-refractivity contribution in [2.45, 2.75) is 20.0 Å². The quantitative estimate of drug-likeness (QED) is 0.348. The molecule has 3 nitrogen and oxygen atoms in total. The van der Waals surface area contributed by atoms with Crippen LogP contribution in [0.4, 0.5) is 0 Å². The maximum absolute atomic E-state index is 13.4. The van der Waals surface area contributed by atoms with Gasteiger partial charge in [-0.1, -0.05) is 82.3 Å². The van der Waals surface area contributed by atoms with Crippen molar-refractivity contribution in [3.63, 3.8) is 0 Å². The maximum Gasteiger partial charge on any atom is 0.268 e. The van der Waals surface area contributed by atoms with Gasteiger partial charge in [-0.05, 0) is 30.3 Å². The maximum atomic E-state index is 13.4. The fourth-order valence-corrected chi connectivity index (χ4v) is 6.65. The van der Waals surface area contributed by atoms with E-state index in [0.717, 1.165) is 20.9 Å². The average Bonchev–Trinajstić information content (AvgIpc) is 3.03. The van der Waals surface area contributed by atoms with E-state index >= 15 is 0 Å². The highest BCUT2D eigenvalue weighted by atomic mass is 79.9. The van der Waals surface area contributed by atoms with Crippen LogP contribution in [0.25, 0.3) is 10.9 Å². The summed E-state index contributed by atoms with van der Waals surface area (Å²) in [5.74, 6) is 0. The highest BCUT2D eigenvalue weighted by Crippen LogP contribution is 2.40. The Morgan fingerprint density at radius 3 is 2.07 bits per heavy atom. The van der Waals surface area contributed by atoms with Crippen molar-refractivity contribution in [3.8, 4) is 0 Å². The number of halogens is 1. The number of para-hydroxylation sites is 1. The second kappa shape index (κ2) is 7.54. The Morgan fingerprint density at radius 2 is 1.41 bits per heavy atom. The molecule has 4 aromatic rings. The molecule has 0 radical (unpaired) electrons. The Morgan fingerprint density at radius 1 is 0.815 bits per heavy atom. The molecular weight excluding hydrogens is 442 g/mol. The van der Waals surface area contributed by atoms with Crippen LogP contribution >= 0.6 is 27.7 Å². The highest BCUT2D eigenvalue weighted by molar-refractivity contribution is 9.08. The molecule has 0 atom stereocenters. The number of fused-ring (bicyclic) bond motifs is 1. The van der Waals surface area contributed by atoms with Gasteiger partial charge in [0.05, 0.1) is 16.1 Å². The lowest BCUT2D eigenvalue weighted by Gasteiger charge is -2.11. The zero-order valence-electron chi connectivity index (χ0n) is 14.2. The van der Waals surface area contributed by atoms with Gasteiger partial charge in [0, 0.05) is 20.5 Å². The van der Waals surface area contributed by atoms with E-state index in [-0.39, 0.29) is 4.90 Å². The fourth-order valence-electron chi connectivity index (χ4n) is 3.04. The summed E-state index contributed by atoms with van der Waals surface area (Å²) in [7, 11) is -3.71. The Balaban J connectivity index is 1.99. The zero-order valence-corrected chi connectivity index (χ0v) is 17.5. The minimum atomic E-state index is -3.71. The van der Waals surface area contributed by atoms with Gasteiger partial charge in [0.25, 0.3) is 10.0 Å². The van der Waals surface area contributed by atoms with Gasteiger partial charge in [-0.2, -0.15) is 0 Å². The lowest BCUT2D eigenvalue weighted by molar-refractivity contribution is 0.587. The van der Waals surface area contributed by atoms with Crippen LogP contribution < -0.4 is 0 Å². The van der Waals surface area contributed by atoms with Crippen LogP contribution in [0.5, 0.6) is 0 Å². The number of nitrogens with zero attached hydrogens (tertiary/aromatic N) is 1. The van der Waals surface area contributed by atoms with Gasteiger partial charge in [-0.3, -0.25) is 0 Å². The molecule has 0 aliphatic rings. The molecule has 3 aromatic carbocycles. The first kappa shape index (κ1) is 18.3. The first-order valence-electron chi connectivity index (χ1n) is 8.35. The molecule has 6 heteroatoms. The Labute approximate surface area is 171 Å². The van der Waals surface area contributed by atoms with Crippen molar-refractivity contribution >= 4 is 48.6 Å². The topological polar surface area (TPSA) is 39.1 Å². The molecule has 0 fully saturated rings. The average molecular weight is 458 g/mol. The third-order valence-corrected chi connectivity index (χ3v) is 7.71. The highest BCUT2D eigenvalue weighted by Gasteiger charge is 2.26. The van der Waals surface area contributed by atoms with E-state index in [1.807, 2.05) is 60.7 Å². The number of rotatable bonds is 5. The minimum absolute atomic E-state index is 0.282. The minimum Gasteiger partial charge on any atom is -0.236 e. The van der Waals surface area contributed by atoms with E-state index in [0.29, 0.717) is 10.8 Å². The molecule has 0 aliphatic carbocycles. The molecule has 0 bridgehead atoms. The van der Waals surface area contributed by atoms with E-state index in [9.17, 15) is 8.42 Å². The molecule has 27 heavy (non-hydrogen) atoms. The predicted molar refractivity (Wildman–Crippen MR) is 114 cm³/mol. The van der Waals surface area contributed by atoms with E-state index in [4.69, 9.17) is 0 Å². The van der Waals surface area contributed by atoms with Crippen LogP contribution in [0.15, 0.2) is 99.6 Å². The van der Waals surface area contributed by atoms with Gasteiger partial charge in [0.1, 0.15) is 0 Å². The molecule has 0 unspecified atom stereocenters. The Bertz CT molecular complexity index is 1190. The second-order valence-electron chi connectivity index (χ2n) is 5.92. The van der Waals surface area contributed by atoms with Crippen molar-refractivity contribution in [3.05, 3.63) is 90.6 Å². The third-order valence-electron chi connectivity index (χ3n) is 4.25. The summed E-state index contributed by atoms with van der Waals surface area (Å²) >= 11 is 5.10. The van der Waals surface area contributed by atoms with E-state index < -0.39 is 10.0 Å². The fraction of sp³-hybridized carbons (Fsp3) is 0.0476. The molecule has 0 saturated carbocycles. The van der Waals surface area contributed by atoms with Crippen LogP contribution in [0, 0.1) is 0 Å². The normalized spacial score (nSPS) is 11.7.